The van der Waals surface area contributed by atoms with Crippen LogP contribution in [0, 0.1) is 5.92 Å². The lowest BCUT2D eigenvalue weighted by molar-refractivity contribution is -0.126. The predicted octanol–water partition coefficient (Wildman–Crippen LogP) is 4.53. The number of unbranched alkanes of at least 4 members (excludes halogenated alkanes) is 1. The third-order valence-electron chi connectivity index (χ3n) is 4.79. The summed E-state index contributed by atoms with van der Waals surface area (Å²) in [6, 6.07) is 5.74. The minimum absolute atomic E-state index is 0.113. The van der Waals surface area contributed by atoms with Crippen LogP contribution in [0.25, 0.3) is 0 Å². The maximum Gasteiger partial charge on any atom is 0.223 e. The van der Waals surface area contributed by atoms with Crippen LogP contribution in [-0.2, 0) is 16.1 Å². The van der Waals surface area contributed by atoms with Crippen molar-refractivity contribution in [1.82, 2.24) is 10.2 Å². The molecule has 0 unspecified atom stereocenters. The Labute approximate surface area is 167 Å². The van der Waals surface area contributed by atoms with E-state index in [9.17, 15) is 4.79 Å². The molecule has 1 aliphatic rings. The number of hydrogen-bond acceptors (Lipinski definition) is 3. The van der Waals surface area contributed by atoms with Crippen molar-refractivity contribution < 1.29 is 9.53 Å². The van der Waals surface area contributed by atoms with E-state index in [0.29, 0.717) is 16.6 Å². The van der Waals surface area contributed by atoms with Gasteiger partial charge in [0.15, 0.2) is 0 Å². The molecular formula is C20H30Cl2N2O2. The number of benzene rings is 1. The molecule has 26 heavy (non-hydrogen) atoms. The molecule has 0 spiro atoms. The van der Waals surface area contributed by atoms with Crippen LogP contribution >= 0.6 is 23.2 Å². The number of nitrogens with one attached hydrogen (secondary N) is 1. The third-order valence-corrected chi connectivity index (χ3v) is 5.65. The first-order valence-corrected chi connectivity index (χ1v) is 10.4. The van der Waals surface area contributed by atoms with Gasteiger partial charge in [0.2, 0.25) is 5.91 Å². The topological polar surface area (TPSA) is 41.6 Å². The Bertz CT molecular complexity index is 561. The van der Waals surface area contributed by atoms with Crippen molar-refractivity contribution in [2.75, 3.05) is 32.8 Å². The van der Waals surface area contributed by atoms with Crippen LogP contribution < -0.4 is 5.32 Å². The van der Waals surface area contributed by atoms with Gasteiger partial charge in [-0.1, -0.05) is 48.7 Å². The maximum absolute atomic E-state index is 12.3. The number of carbonyl (C=O) groups excluding carboxylic acids is 1. The van der Waals surface area contributed by atoms with Gasteiger partial charge < -0.3 is 10.1 Å². The Morgan fingerprint density at radius 1 is 1.23 bits per heavy atom. The van der Waals surface area contributed by atoms with Crippen LogP contribution in [0.15, 0.2) is 18.2 Å². The molecule has 2 rings (SSSR count). The molecule has 0 radical (unpaired) electrons. The lowest BCUT2D eigenvalue weighted by Crippen LogP contribution is -2.40. The summed E-state index contributed by atoms with van der Waals surface area (Å²) in [5, 5.41) is 4.28. The number of carbonyl (C=O) groups is 1. The zero-order chi connectivity index (χ0) is 18.8. The Hall–Kier alpha value is -0.810. The molecule has 0 aromatic heterocycles. The standard InChI is InChI=1S/C20H30Cl2N2O2/c1-2-3-13-26-14-5-10-23-20(25)16-8-11-24(12-9-16)15-17-6-4-7-18(21)19(17)22/h4,6-7,16H,2-3,5,8-15H2,1H3,(H,23,25). The van der Waals surface area contributed by atoms with Gasteiger partial charge in [-0.3, -0.25) is 9.69 Å². The molecule has 1 heterocycles. The quantitative estimate of drug-likeness (QED) is 0.586. The Kier molecular flexibility index (Phi) is 9.76. The molecule has 0 bridgehead atoms. The Morgan fingerprint density at radius 3 is 2.69 bits per heavy atom. The van der Waals surface area contributed by atoms with E-state index in [4.69, 9.17) is 27.9 Å². The van der Waals surface area contributed by atoms with Crippen LogP contribution in [0.4, 0.5) is 0 Å². The molecule has 1 fully saturated rings. The molecule has 1 amide bonds. The summed E-state index contributed by atoms with van der Waals surface area (Å²) in [7, 11) is 0. The fourth-order valence-corrected chi connectivity index (χ4v) is 3.52. The van der Waals surface area contributed by atoms with Gasteiger partial charge in [0.25, 0.3) is 0 Å². The molecule has 1 aromatic rings. The molecule has 1 saturated heterocycles. The number of amides is 1. The van der Waals surface area contributed by atoms with E-state index >= 15 is 0 Å². The lowest BCUT2D eigenvalue weighted by Gasteiger charge is -2.31. The van der Waals surface area contributed by atoms with Crippen LogP contribution in [0.3, 0.4) is 0 Å². The average molecular weight is 401 g/mol. The molecule has 146 valence electrons. The van der Waals surface area contributed by atoms with E-state index in [-0.39, 0.29) is 11.8 Å². The largest absolute Gasteiger partial charge is 0.381 e. The maximum atomic E-state index is 12.3. The van der Waals surface area contributed by atoms with Gasteiger partial charge in [0.1, 0.15) is 0 Å². The van der Waals surface area contributed by atoms with Crippen LogP contribution in [0.2, 0.25) is 10.0 Å². The highest BCUT2D eigenvalue weighted by atomic mass is 35.5. The van der Waals surface area contributed by atoms with Crippen LogP contribution in [0.1, 0.15) is 44.6 Å². The van der Waals surface area contributed by atoms with Crippen molar-refractivity contribution >= 4 is 29.1 Å². The molecule has 1 N–H and O–H groups in total. The van der Waals surface area contributed by atoms with Crippen molar-refractivity contribution in [2.45, 2.75) is 45.6 Å². The van der Waals surface area contributed by atoms with Gasteiger partial charge in [-0.15, -0.1) is 0 Å². The summed E-state index contributed by atoms with van der Waals surface area (Å²) in [4.78, 5) is 14.6. The molecule has 1 aromatic carbocycles. The smallest absolute Gasteiger partial charge is 0.223 e. The van der Waals surface area contributed by atoms with Crippen molar-refractivity contribution in [3.05, 3.63) is 33.8 Å². The summed E-state index contributed by atoms with van der Waals surface area (Å²) < 4.78 is 5.51. The number of halogens is 2. The number of piperidine rings is 1. The minimum Gasteiger partial charge on any atom is -0.381 e. The van der Waals surface area contributed by atoms with Gasteiger partial charge in [0.05, 0.1) is 10.0 Å². The highest BCUT2D eigenvalue weighted by Crippen LogP contribution is 2.28. The average Bonchev–Trinajstić information content (AvgIpc) is 2.65. The Balaban J connectivity index is 1.63. The summed E-state index contributed by atoms with van der Waals surface area (Å²) in [5.74, 6) is 0.293. The predicted molar refractivity (Wildman–Crippen MR) is 108 cm³/mol. The second-order valence-electron chi connectivity index (χ2n) is 6.87. The third kappa shape index (κ3) is 7.07. The first-order chi connectivity index (χ1) is 12.6. The number of likely N-dealkylation sites (tertiary alicyclic amines) is 1. The molecule has 0 atom stereocenters. The van der Waals surface area contributed by atoms with E-state index in [2.05, 4.69) is 17.1 Å². The molecule has 1 aliphatic heterocycles. The van der Waals surface area contributed by atoms with Gasteiger partial charge in [0, 0.05) is 32.2 Å². The van der Waals surface area contributed by atoms with Gasteiger partial charge in [-0.2, -0.15) is 0 Å². The zero-order valence-corrected chi connectivity index (χ0v) is 17.1. The Morgan fingerprint density at radius 2 is 1.96 bits per heavy atom. The van der Waals surface area contributed by atoms with E-state index in [0.717, 1.165) is 70.5 Å². The summed E-state index contributed by atoms with van der Waals surface area (Å²) in [6.07, 6.45) is 4.90. The molecule has 0 aliphatic carbocycles. The SMILES string of the molecule is CCCCOCCCNC(=O)C1CCN(Cc2cccc(Cl)c2Cl)CC1. The number of nitrogens with zero attached hydrogens (tertiary/aromatic N) is 1. The first-order valence-electron chi connectivity index (χ1n) is 9.62. The number of rotatable bonds is 10. The number of hydrogen-bond donors (Lipinski definition) is 1. The fourth-order valence-electron chi connectivity index (χ4n) is 3.14. The summed E-state index contributed by atoms with van der Waals surface area (Å²) >= 11 is 12.3. The van der Waals surface area contributed by atoms with Crippen LogP contribution in [-0.4, -0.2) is 43.7 Å². The number of ether oxygens (including phenoxy) is 1. The highest BCUT2D eigenvalue weighted by Gasteiger charge is 2.25. The summed E-state index contributed by atoms with van der Waals surface area (Å²) in [6.45, 7) is 6.98. The summed E-state index contributed by atoms with van der Waals surface area (Å²) in [5.41, 5.74) is 1.05. The fraction of sp³-hybridized carbons (Fsp3) is 0.650. The van der Waals surface area contributed by atoms with Gasteiger partial charge in [-0.25, -0.2) is 0 Å². The van der Waals surface area contributed by atoms with Gasteiger partial charge in [-0.05, 0) is 50.4 Å². The lowest BCUT2D eigenvalue weighted by atomic mass is 9.95. The molecule has 0 saturated carbocycles. The van der Waals surface area contributed by atoms with Crippen molar-refractivity contribution in [1.29, 1.82) is 0 Å². The second kappa shape index (κ2) is 11.8. The minimum atomic E-state index is 0.113. The first kappa shape index (κ1) is 21.5. The molecule has 4 nitrogen and oxygen atoms in total. The van der Waals surface area contributed by atoms with E-state index in [1.165, 1.54) is 0 Å². The highest BCUT2D eigenvalue weighted by molar-refractivity contribution is 6.42. The normalized spacial score (nSPS) is 16.0. The van der Waals surface area contributed by atoms with E-state index in [1.54, 1.807) is 6.07 Å². The molecular weight excluding hydrogens is 371 g/mol. The molecule has 6 heteroatoms. The monoisotopic (exact) mass is 400 g/mol. The van der Waals surface area contributed by atoms with Crippen molar-refractivity contribution in [3.8, 4) is 0 Å². The van der Waals surface area contributed by atoms with Crippen LogP contribution in [0.5, 0.6) is 0 Å². The second-order valence-corrected chi connectivity index (χ2v) is 7.66. The van der Waals surface area contributed by atoms with E-state index < -0.39 is 0 Å². The van der Waals surface area contributed by atoms with Crippen molar-refractivity contribution in [3.63, 3.8) is 0 Å². The van der Waals surface area contributed by atoms with E-state index in [1.807, 2.05) is 12.1 Å². The zero-order valence-electron chi connectivity index (χ0n) is 15.6. The van der Waals surface area contributed by atoms with Gasteiger partial charge >= 0.3 is 0 Å². The van der Waals surface area contributed by atoms with Crippen molar-refractivity contribution in [2.24, 2.45) is 5.92 Å².